The summed E-state index contributed by atoms with van der Waals surface area (Å²) in [5, 5.41) is 8.27. The molecular formula is C23H27ClN4O2. The molecule has 0 aliphatic rings. The maximum absolute atomic E-state index is 12.5. The minimum absolute atomic E-state index is 0.0846. The van der Waals surface area contributed by atoms with Crippen LogP contribution in [0.25, 0.3) is 5.69 Å². The van der Waals surface area contributed by atoms with Gasteiger partial charge in [-0.3, -0.25) is 9.69 Å². The summed E-state index contributed by atoms with van der Waals surface area (Å²) in [5.41, 5.74) is 4.61. The van der Waals surface area contributed by atoms with Crippen molar-refractivity contribution >= 4 is 23.2 Å². The normalized spacial score (nSPS) is 11.0. The molecule has 1 aromatic heterocycles. The molecule has 0 unspecified atom stereocenters. The maximum Gasteiger partial charge on any atom is 0.238 e. The van der Waals surface area contributed by atoms with Gasteiger partial charge in [0.1, 0.15) is 12.4 Å². The first-order chi connectivity index (χ1) is 14.3. The summed E-state index contributed by atoms with van der Waals surface area (Å²) < 4.78 is 7.54. The zero-order valence-electron chi connectivity index (χ0n) is 17.8. The van der Waals surface area contributed by atoms with E-state index in [0.29, 0.717) is 18.2 Å². The van der Waals surface area contributed by atoms with Crippen LogP contribution in [0.2, 0.25) is 5.02 Å². The summed E-state index contributed by atoms with van der Waals surface area (Å²) in [6.07, 6.45) is 0. The van der Waals surface area contributed by atoms with Gasteiger partial charge in [0.15, 0.2) is 0 Å². The van der Waals surface area contributed by atoms with Crippen LogP contribution < -0.4 is 10.1 Å². The average Bonchev–Trinajstić information content (AvgIpc) is 2.98. The first kappa shape index (κ1) is 21.9. The molecule has 0 atom stereocenters. The Balaban J connectivity index is 1.54. The number of benzene rings is 2. The number of carbonyl (C=O) groups excluding carboxylic acids is 1. The largest absolute Gasteiger partial charge is 0.492 e. The summed E-state index contributed by atoms with van der Waals surface area (Å²) >= 11 is 5.87. The standard InChI is InChI=1S/C23H27ClN4O2/c1-16-5-9-20(10-6-16)28-18(3)23(17(2)26-28)25-22(29)15-27(4)13-14-30-21-11-7-19(24)8-12-21/h5-12H,13-15H2,1-4H3,(H,25,29). The predicted molar refractivity (Wildman–Crippen MR) is 121 cm³/mol. The Hall–Kier alpha value is -2.83. The molecule has 30 heavy (non-hydrogen) atoms. The van der Waals surface area contributed by atoms with Crippen molar-refractivity contribution in [2.75, 3.05) is 32.1 Å². The maximum atomic E-state index is 12.5. The van der Waals surface area contributed by atoms with Gasteiger partial charge < -0.3 is 10.1 Å². The fraction of sp³-hybridized carbons (Fsp3) is 0.304. The van der Waals surface area contributed by atoms with Gasteiger partial charge in [0, 0.05) is 11.6 Å². The zero-order chi connectivity index (χ0) is 21.7. The highest BCUT2D eigenvalue weighted by Gasteiger charge is 2.16. The zero-order valence-corrected chi connectivity index (χ0v) is 18.5. The van der Waals surface area contributed by atoms with Gasteiger partial charge in [-0.05, 0) is 64.2 Å². The Kier molecular flexibility index (Phi) is 7.13. The predicted octanol–water partition coefficient (Wildman–Crippen LogP) is 4.40. The van der Waals surface area contributed by atoms with Crippen molar-refractivity contribution in [3.63, 3.8) is 0 Å². The molecule has 0 radical (unpaired) electrons. The highest BCUT2D eigenvalue weighted by atomic mass is 35.5. The SMILES string of the molecule is Cc1ccc(-n2nc(C)c(NC(=O)CN(C)CCOc3ccc(Cl)cc3)c2C)cc1. The van der Waals surface area contributed by atoms with Gasteiger partial charge >= 0.3 is 0 Å². The second kappa shape index (κ2) is 9.78. The number of nitrogens with one attached hydrogen (secondary N) is 1. The highest BCUT2D eigenvalue weighted by molar-refractivity contribution is 6.30. The van der Waals surface area contributed by atoms with Gasteiger partial charge in [-0.25, -0.2) is 4.68 Å². The molecule has 0 saturated heterocycles. The molecule has 3 rings (SSSR count). The van der Waals surface area contributed by atoms with Crippen molar-refractivity contribution in [2.24, 2.45) is 0 Å². The van der Waals surface area contributed by atoms with Crippen molar-refractivity contribution in [1.82, 2.24) is 14.7 Å². The van der Waals surface area contributed by atoms with Gasteiger partial charge in [-0.1, -0.05) is 29.3 Å². The van der Waals surface area contributed by atoms with Crippen LogP contribution in [-0.4, -0.2) is 47.3 Å². The van der Waals surface area contributed by atoms with Gasteiger partial charge in [0.05, 0.1) is 29.3 Å². The smallest absolute Gasteiger partial charge is 0.238 e. The molecule has 1 amide bonds. The molecule has 0 spiro atoms. The van der Waals surface area contributed by atoms with Crippen LogP contribution >= 0.6 is 11.6 Å². The van der Waals surface area contributed by atoms with Crippen LogP contribution in [0.3, 0.4) is 0 Å². The van der Waals surface area contributed by atoms with E-state index < -0.39 is 0 Å². The number of halogens is 1. The minimum Gasteiger partial charge on any atom is -0.492 e. The fourth-order valence-electron chi connectivity index (χ4n) is 3.11. The molecule has 6 nitrogen and oxygen atoms in total. The van der Waals surface area contributed by atoms with E-state index in [2.05, 4.69) is 10.4 Å². The summed E-state index contributed by atoms with van der Waals surface area (Å²) in [5.74, 6) is 0.672. The van der Waals surface area contributed by atoms with Gasteiger partial charge in [0.25, 0.3) is 0 Å². The number of rotatable bonds is 8. The first-order valence-corrected chi connectivity index (χ1v) is 10.2. The van der Waals surface area contributed by atoms with Gasteiger partial charge in [0.2, 0.25) is 5.91 Å². The number of ether oxygens (including phenoxy) is 1. The Morgan fingerprint density at radius 3 is 2.43 bits per heavy atom. The van der Waals surface area contributed by atoms with E-state index in [0.717, 1.165) is 28.5 Å². The van der Waals surface area contributed by atoms with Crippen molar-refractivity contribution in [3.05, 3.63) is 70.5 Å². The number of anilines is 1. The Bertz CT molecular complexity index is 997. The van der Waals surface area contributed by atoms with Crippen LogP contribution in [0.4, 0.5) is 5.69 Å². The third kappa shape index (κ3) is 5.62. The van der Waals surface area contributed by atoms with E-state index in [4.69, 9.17) is 16.3 Å². The van der Waals surface area contributed by atoms with Gasteiger partial charge in [-0.15, -0.1) is 0 Å². The number of aryl methyl sites for hydroxylation is 2. The van der Waals surface area contributed by atoms with Crippen molar-refractivity contribution in [2.45, 2.75) is 20.8 Å². The lowest BCUT2D eigenvalue weighted by atomic mass is 10.2. The molecule has 3 aromatic rings. The monoisotopic (exact) mass is 426 g/mol. The second-order valence-corrected chi connectivity index (χ2v) is 7.82. The third-order valence-electron chi connectivity index (χ3n) is 4.80. The molecule has 0 bridgehead atoms. The number of carbonyl (C=O) groups is 1. The average molecular weight is 427 g/mol. The molecule has 1 heterocycles. The lowest BCUT2D eigenvalue weighted by Crippen LogP contribution is -2.33. The second-order valence-electron chi connectivity index (χ2n) is 7.38. The van der Waals surface area contributed by atoms with E-state index in [1.54, 1.807) is 12.1 Å². The van der Waals surface area contributed by atoms with Crippen molar-refractivity contribution in [3.8, 4) is 11.4 Å². The summed E-state index contributed by atoms with van der Waals surface area (Å²) in [4.78, 5) is 14.5. The number of hydrogen-bond donors (Lipinski definition) is 1. The van der Waals surface area contributed by atoms with Crippen LogP contribution in [0.1, 0.15) is 17.0 Å². The van der Waals surface area contributed by atoms with Crippen LogP contribution in [-0.2, 0) is 4.79 Å². The first-order valence-electron chi connectivity index (χ1n) is 9.83. The number of hydrogen-bond acceptors (Lipinski definition) is 4. The number of amides is 1. The van der Waals surface area contributed by atoms with E-state index in [1.807, 2.05) is 73.8 Å². The van der Waals surface area contributed by atoms with Crippen molar-refractivity contribution in [1.29, 1.82) is 0 Å². The summed E-state index contributed by atoms with van der Waals surface area (Å²) in [6, 6.07) is 15.4. The van der Waals surface area contributed by atoms with E-state index in [-0.39, 0.29) is 12.5 Å². The minimum atomic E-state index is -0.0846. The molecule has 2 aromatic carbocycles. The van der Waals surface area contributed by atoms with Crippen molar-refractivity contribution < 1.29 is 9.53 Å². The molecule has 158 valence electrons. The molecular weight excluding hydrogens is 400 g/mol. The molecule has 0 aliphatic heterocycles. The molecule has 0 aliphatic carbocycles. The van der Waals surface area contributed by atoms with Crippen LogP contribution in [0.5, 0.6) is 5.75 Å². The van der Waals surface area contributed by atoms with E-state index in [9.17, 15) is 4.79 Å². The summed E-state index contributed by atoms with van der Waals surface area (Å²) in [6.45, 7) is 7.27. The topological polar surface area (TPSA) is 59.4 Å². The number of nitrogens with zero attached hydrogens (tertiary/aromatic N) is 3. The third-order valence-corrected chi connectivity index (χ3v) is 5.06. The molecule has 7 heteroatoms. The Labute approximate surface area is 182 Å². The number of likely N-dealkylation sites (N-methyl/N-ethyl adjacent to an activating group) is 1. The Morgan fingerprint density at radius 1 is 1.10 bits per heavy atom. The van der Waals surface area contributed by atoms with Gasteiger partial charge in [-0.2, -0.15) is 5.10 Å². The number of aromatic nitrogens is 2. The van der Waals surface area contributed by atoms with E-state index >= 15 is 0 Å². The Morgan fingerprint density at radius 2 is 1.77 bits per heavy atom. The quantitative estimate of drug-likeness (QED) is 0.580. The highest BCUT2D eigenvalue weighted by Crippen LogP contribution is 2.23. The molecule has 0 saturated carbocycles. The molecule has 0 fully saturated rings. The lowest BCUT2D eigenvalue weighted by molar-refractivity contribution is -0.117. The van der Waals surface area contributed by atoms with E-state index in [1.165, 1.54) is 5.56 Å². The van der Waals surface area contributed by atoms with Crippen LogP contribution in [0.15, 0.2) is 48.5 Å². The van der Waals surface area contributed by atoms with Crippen LogP contribution in [0, 0.1) is 20.8 Å². The lowest BCUT2D eigenvalue weighted by Gasteiger charge is -2.17. The fourth-order valence-corrected chi connectivity index (χ4v) is 3.24. The summed E-state index contributed by atoms with van der Waals surface area (Å²) in [7, 11) is 1.89. The molecule has 1 N–H and O–H groups in total.